The van der Waals surface area contributed by atoms with Crippen LogP contribution in [0.1, 0.15) is 28.1 Å². The minimum atomic E-state index is 0. The van der Waals surface area contributed by atoms with Crippen molar-refractivity contribution in [3.05, 3.63) is 39.5 Å². The van der Waals surface area contributed by atoms with E-state index in [1.807, 2.05) is 32.9 Å². The second-order valence-electron chi connectivity index (χ2n) is 4.96. The second-order valence-corrected chi connectivity index (χ2v) is 6.25. The van der Waals surface area contributed by atoms with E-state index in [4.69, 9.17) is 4.74 Å². The number of nitrogens with zero attached hydrogens (tertiary/aromatic N) is 3. The lowest BCUT2D eigenvalue weighted by Gasteiger charge is -2.11. The van der Waals surface area contributed by atoms with E-state index < -0.39 is 0 Å². The number of methoxy groups -OCH3 is 1. The predicted molar refractivity (Wildman–Crippen MR) is 109 cm³/mol. The van der Waals surface area contributed by atoms with Gasteiger partial charge in [0, 0.05) is 23.2 Å². The maximum Gasteiger partial charge on any atom is 0.218 e. The number of halogens is 1. The average molecular weight is 461 g/mol. The molecule has 2 aromatic heterocycles. The van der Waals surface area contributed by atoms with Crippen LogP contribution in [0.15, 0.2) is 23.3 Å². The first kappa shape index (κ1) is 20.6. The van der Waals surface area contributed by atoms with Crippen LogP contribution in [0, 0.1) is 13.8 Å². The summed E-state index contributed by atoms with van der Waals surface area (Å²) in [5.41, 5.74) is 2.03. The van der Waals surface area contributed by atoms with E-state index in [2.05, 4.69) is 25.6 Å². The molecule has 0 saturated carbocycles. The molecule has 2 rings (SSSR count). The van der Waals surface area contributed by atoms with E-state index in [1.54, 1.807) is 24.6 Å². The van der Waals surface area contributed by atoms with Crippen LogP contribution >= 0.6 is 35.3 Å². The number of hydrogen-bond acceptors (Lipinski definition) is 5. The molecule has 8 heteroatoms. The van der Waals surface area contributed by atoms with Crippen LogP contribution in [0.25, 0.3) is 0 Å². The number of thiazole rings is 1. The maximum atomic E-state index is 5.26. The highest BCUT2D eigenvalue weighted by atomic mass is 127. The van der Waals surface area contributed by atoms with Gasteiger partial charge in [-0.05, 0) is 26.8 Å². The minimum Gasteiger partial charge on any atom is -0.481 e. The number of nitrogens with one attached hydrogen (secondary N) is 2. The summed E-state index contributed by atoms with van der Waals surface area (Å²) >= 11 is 1.71. The third kappa shape index (κ3) is 5.90. The lowest BCUT2D eigenvalue weighted by molar-refractivity contribution is 0.392. The number of aliphatic imine (C=N–C) groups is 1. The van der Waals surface area contributed by atoms with E-state index >= 15 is 0 Å². The molecule has 0 saturated heterocycles. The number of pyridine rings is 1. The zero-order valence-corrected chi connectivity index (χ0v) is 17.6. The molecular weight excluding hydrogens is 437 g/mol. The number of aryl methyl sites for hydroxylation is 2. The van der Waals surface area contributed by atoms with Gasteiger partial charge in [-0.3, -0.25) is 0 Å². The van der Waals surface area contributed by atoms with Gasteiger partial charge in [0.25, 0.3) is 0 Å². The first-order chi connectivity index (χ1) is 11.1. The van der Waals surface area contributed by atoms with Gasteiger partial charge in [0.05, 0.1) is 30.9 Å². The third-order valence-corrected chi connectivity index (χ3v) is 4.28. The third-order valence-electron chi connectivity index (χ3n) is 3.21. The first-order valence-corrected chi connectivity index (χ1v) is 8.38. The zero-order chi connectivity index (χ0) is 16.7. The minimum absolute atomic E-state index is 0. The summed E-state index contributed by atoms with van der Waals surface area (Å²) in [7, 11) is 1.62. The quantitative estimate of drug-likeness (QED) is 0.393. The van der Waals surface area contributed by atoms with Crippen molar-refractivity contribution in [3.63, 3.8) is 0 Å². The smallest absolute Gasteiger partial charge is 0.218 e. The molecular formula is C16H24IN5OS. The summed E-state index contributed by atoms with van der Waals surface area (Å²) in [5, 5.41) is 7.68. The average Bonchev–Trinajstić information content (AvgIpc) is 2.88. The summed E-state index contributed by atoms with van der Waals surface area (Å²) in [6.45, 7) is 8.13. The molecule has 0 unspecified atom stereocenters. The Morgan fingerprint density at radius 3 is 2.75 bits per heavy atom. The fourth-order valence-electron chi connectivity index (χ4n) is 2.14. The lowest BCUT2D eigenvalue weighted by Crippen LogP contribution is -2.36. The standard InChI is InChI=1S/C16H23N5OS.HI/c1-5-17-16(20-10-14-11(2)21-12(3)23-14)19-9-13-7-6-8-18-15(13)22-4;/h6-8H,5,9-10H2,1-4H3,(H2,17,19,20);1H. The van der Waals surface area contributed by atoms with Crippen LogP contribution in [0.4, 0.5) is 0 Å². The molecule has 132 valence electrons. The van der Waals surface area contributed by atoms with Crippen molar-refractivity contribution in [2.24, 2.45) is 4.99 Å². The van der Waals surface area contributed by atoms with Gasteiger partial charge in [-0.2, -0.15) is 0 Å². The van der Waals surface area contributed by atoms with Gasteiger partial charge in [0.1, 0.15) is 0 Å². The van der Waals surface area contributed by atoms with Crippen molar-refractivity contribution in [3.8, 4) is 5.88 Å². The predicted octanol–water partition coefficient (Wildman–Crippen LogP) is 3.04. The van der Waals surface area contributed by atoms with Crippen LogP contribution in [0.3, 0.4) is 0 Å². The van der Waals surface area contributed by atoms with Crippen LogP contribution in [0.2, 0.25) is 0 Å². The molecule has 0 fully saturated rings. The van der Waals surface area contributed by atoms with Gasteiger partial charge in [0.15, 0.2) is 5.96 Å². The highest BCUT2D eigenvalue weighted by Gasteiger charge is 2.07. The fraction of sp³-hybridized carbons (Fsp3) is 0.438. The Balaban J connectivity index is 0.00000288. The summed E-state index contributed by atoms with van der Waals surface area (Å²) in [4.78, 5) is 14.5. The highest BCUT2D eigenvalue weighted by molar-refractivity contribution is 14.0. The van der Waals surface area contributed by atoms with Gasteiger partial charge in [-0.25, -0.2) is 15.0 Å². The summed E-state index contributed by atoms with van der Waals surface area (Å²) in [6.07, 6.45) is 1.71. The van der Waals surface area contributed by atoms with Crippen LogP contribution in [0.5, 0.6) is 5.88 Å². The molecule has 0 aliphatic heterocycles. The van der Waals surface area contributed by atoms with Gasteiger partial charge < -0.3 is 15.4 Å². The number of hydrogen-bond donors (Lipinski definition) is 2. The van der Waals surface area contributed by atoms with Gasteiger partial charge in [-0.15, -0.1) is 35.3 Å². The molecule has 0 spiro atoms. The largest absolute Gasteiger partial charge is 0.481 e. The van der Waals surface area contributed by atoms with Crippen molar-refractivity contribution >= 4 is 41.3 Å². The van der Waals surface area contributed by atoms with Gasteiger partial charge in [-0.1, -0.05) is 6.07 Å². The molecule has 0 aliphatic rings. The summed E-state index contributed by atoms with van der Waals surface area (Å²) in [5.74, 6) is 1.38. The molecule has 6 nitrogen and oxygen atoms in total. The highest BCUT2D eigenvalue weighted by Crippen LogP contribution is 2.17. The molecule has 0 radical (unpaired) electrons. The van der Waals surface area contributed by atoms with E-state index in [0.717, 1.165) is 28.8 Å². The molecule has 0 bridgehead atoms. The molecule has 2 aromatic rings. The van der Waals surface area contributed by atoms with Crippen LogP contribution in [-0.2, 0) is 13.1 Å². The normalized spacial score (nSPS) is 10.9. The second kappa shape index (κ2) is 10.4. The van der Waals surface area contributed by atoms with Crippen molar-refractivity contribution in [2.45, 2.75) is 33.9 Å². The van der Waals surface area contributed by atoms with Crippen molar-refractivity contribution in [1.29, 1.82) is 0 Å². The van der Waals surface area contributed by atoms with Crippen molar-refractivity contribution < 1.29 is 4.74 Å². The van der Waals surface area contributed by atoms with Crippen LogP contribution < -0.4 is 15.4 Å². The fourth-order valence-corrected chi connectivity index (χ4v) is 3.01. The molecule has 2 N–H and O–H groups in total. The number of aromatic nitrogens is 2. The topological polar surface area (TPSA) is 71.4 Å². The number of ether oxygens (including phenoxy) is 1. The Morgan fingerprint density at radius 1 is 1.33 bits per heavy atom. The first-order valence-electron chi connectivity index (χ1n) is 7.57. The molecule has 0 aromatic carbocycles. The Kier molecular flexibility index (Phi) is 8.98. The molecule has 0 atom stereocenters. The maximum absolute atomic E-state index is 5.26. The van der Waals surface area contributed by atoms with E-state index in [9.17, 15) is 0 Å². The lowest BCUT2D eigenvalue weighted by atomic mass is 10.3. The molecule has 24 heavy (non-hydrogen) atoms. The molecule has 0 aliphatic carbocycles. The zero-order valence-electron chi connectivity index (χ0n) is 14.4. The van der Waals surface area contributed by atoms with Crippen molar-refractivity contribution in [2.75, 3.05) is 13.7 Å². The van der Waals surface area contributed by atoms with Gasteiger partial charge in [0.2, 0.25) is 5.88 Å². The number of guanidine groups is 1. The Bertz CT molecular complexity index is 674. The summed E-state index contributed by atoms with van der Waals surface area (Å²) in [6, 6.07) is 3.85. The Morgan fingerprint density at radius 2 is 2.12 bits per heavy atom. The SMILES string of the molecule is CCNC(=NCc1cccnc1OC)NCc1sc(C)nc1C.I. The monoisotopic (exact) mass is 461 g/mol. The van der Waals surface area contributed by atoms with Gasteiger partial charge >= 0.3 is 0 Å². The van der Waals surface area contributed by atoms with E-state index in [-0.39, 0.29) is 24.0 Å². The number of rotatable bonds is 6. The molecule has 2 heterocycles. The van der Waals surface area contributed by atoms with E-state index in [1.165, 1.54) is 4.88 Å². The van der Waals surface area contributed by atoms with Crippen LogP contribution in [-0.4, -0.2) is 29.6 Å². The Labute approximate surface area is 164 Å². The molecule has 0 amide bonds. The Hall–Kier alpha value is -1.42. The summed E-state index contributed by atoms with van der Waals surface area (Å²) < 4.78 is 5.26. The van der Waals surface area contributed by atoms with Crippen molar-refractivity contribution in [1.82, 2.24) is 20.6 Å². The van der Waals surface area contributed by atoms with E-state index in [0.29, 0.717) is 19.0 Å².